The fraction of sp³-hybridized carbons (Fsp3) is 0.647. The molecular weight excluding hydrogens is 262 g/mol. The maximum absolute atomic E-state index is 5.99. The second kappa shape index (κ2) is 6.56. The third kappa shape index (κ3) is 4.03. The number of anilines is 2. The van der Waals surface area contributed by atoms with Crippen LogP contribution in [0.25, 0.3) is 0 Å². The molecular formula is C17H29N3O. The zero-order chi connectivity index (χ0) is 15.5. The predicted molar refractivity (Wildman–Crippen MR) is 90.2 cm³/mol. The minimum atomic E-state index is 0.253. The zero-order valence-electron chi connectivity index (χ0n) is 13.9. The number of nitrogens with two attached hydrogens (primary N) is 1. The van der Waals surface area contributed by atoms with Crippen molar-refractivity contribution >= 4 is 11.4 Å². The van der Waals surface area contributed by atoms with E-state index in [1.807, 2.05) is 6.07 Å². The van der Waals surface area contributed by atoms with Crippen molar-refractivity contribution in [1.29, 1.82) is 0 Å². The number of nitrogen functional groups attached to an aromatic ring is 1. The van der Waals surface area contributed by atoms with Gasteiger partial charge >= 0.3 is 0 Å². The van der Waals surface area contributed by atoms with E-state index in [1.54, 1.807) is 0 Å². The van der Waals surface area contributed by atoms with Crippen molar-refractivity contribution < 1.29 is 4.74 Å². The second-order valence-electron chi connectivity index (χ2n) is 6.72. The van der Waals surface area contributed by atoms with Crippen molar-refractivity contribution in [3.05, 3.63) is 18.2 Å². The molecule has 118 valence electrons. The number of hydrogen-bond acceptors (Lipinski definition) is 4. The first-order chi connectivity index (χ1) is 9.91. The molecule has 0 spiro atoms. The summed E-state index contributed by atoms with van der Waals surface area (Å²) in [5.41, 5.74) is 8.17. The number of nitrogens with zero attached hydrogens (tertiary/aromatic N) is 2. The van der Waals surface area contributed by atoms with Gasteiger partial charge in [-0.2, -0.15) is 0 Å². The van der Waals surface area contributed by atoms with Gasteiger partial charge in [-0.05, 0) is 39.3 Å². The van der Waals surface area contributed by atoms with Crippen LogP contribution in [0.3, 0.4) is 0 Å². The van der Waals surface area contributed by atoms with Crippen LogP contribution in [-0.2, 0) is 0 Å². The number of benzene rings is 1. The Kier molecular flexibility index (Phi) is 4.99. The largest absolute Gasteiger partial charge is 0.491 e. The Morgan fingerprint density at radius 2 is 1.81 bits per heavy atom. The molecule has 4 nitrogen and oxygen atoms in total. The van der Waals surface area contributed by atoms with Crippen LogP contribution in [0.1, 0.15) is 34.1 Å². The van der Waals surface area contributed by atoms with Crippen LogP contribution in [0, 0.1) is 0 Å². The quantitative estimate of drug-likeness (QED) is 0.866. The summed E-state index contributed by atoms with van der Waals surface area (Å²) in [7, 11) is 0. The van der Waals surface area contributed by atoms with Crippen molar-refractivity contribution in [1.82, 2.24) is 4.90 Å². The van der Waals surface area contributed by atoms with Gasteiger partial charge in [0.2, 0.25) is 0 Å². The summed E-state index contributed by atoms with van der Waals surface area (Å²) >= 11 is 0. The topological polar surface area (TPSA) is 41.7 Å². The SMILES string of the molecule is CCCOc1cc(N2CCN(C(C)(C)C)CC2)ccc1N. The van der Waals surface area contributed by atoms with E-state index in [-0.39, 0.29) is 5.54 Å². The Morgan fingerprint density at radius 3 is 2.38 bits per heavy atom. The Labute approximate surface area is 128 Å². The van der Waals surface area contributed by atoms with E-state index < -0.39 is 0 Å². The summed E-state index contributed by atoms with van der Waals surface area (Å²) < 4.78 is 5.73. The van der Waals surface area contributed by atoms with Gasteiger partial charge in [0.1, 0.15) is 5.75 Å². The number of rotatable bonds is 4. The summed E-state index contributed by atoms with van der Waals surface area (Å²) in [5.74, 6) is 0.813. The molecule has 1 aliphatic heterocycles. The van der Waals surface area contributed by atoms with Crippen molar-refractivity contribution in [2.75, 3.05) is 43.4 Å². The third-order valence-corrected chi connectivity index (χ3v) is 4.05. The van der Waals surface area contributed by atoms with Gasteiger partial charge < -0.3 is 15.4 Å². The smallest absolute Gasteiger partial charge is 0.144 e. The lowest BCUT2D eigenvalue weighted by Gasteiger charge is -2.43. The molecule has 4 heteroatoms. The van der Waals surface area contributed by atoms with Crippen LogP contribution < -0.4 is 15.4 Å². The molecule has 1 fully saturated rings. The molecule has 0 atom stereocenters. The van der Waals surface area contributed by atoms with E-state index in [9.17, 15) is 0 Å². The van der Waals surface area contributed by atoms with E-state index >= 15 is 0 Å². The summed E-state index contributed by atoms with van der Waals surface area (Å²) in [6, 6.07) is 6.13. The number of piperazine rings is 1. The summed E-state index contributed by atoms with van der Waals surface area (Å²) in [6.07, 6.45) is 0.994. The molecule has 1 aromatic carbocycles. The van der Waals surface area contributed by atoms with Crippen LogP contribution in [0.2, 0.25) is 0 Å². The highest BCUT2D eigenvalue weighted by molar-refractivity contribution is 5.62. The molecule has 0 saturated carbocycles. The maximum atomic E-state index is 5.99. The van der Waals surface area contributed by atoms with Crippen molar-refractivity contribution in [3.63, 3.8) is 0 Å². The van der Waals surface area contributed by atoms with Crippen molar-refractivity contribution in [2.24, 2.45) is 0 Å². The molecule has 0 aromatic heterocycles. The van der Waals surface area contributed by atoms with Crippen LogP contribution in [-0.4, -0.2) is 43.2 Å². The predicted octanol–water partition coefficient (Wildman–Crippen LogP) is 2.98. The van der Waals surface area contributed by atoms with Gasteiger partial charge in [-0.25, -0.2) is 0 Å². The second-order valence-corrected chi connectivity index (χ2v) is 6.72. The van der Waals surface area contributed by atoms with Crippen molar-refractivity contribution in [2.45, 2.75) is 39.7 Å². The van der Waals surface area contributed by atoms with Gasteiger partial charge in [0, 0.05) is 43.5 Å². The average molecular weight is 291 g/mol. The van der Waals surface area contributed by atoms with E-state index in [4.69, 9.17) is 10.5 Å². The van der Waals surface area contributed by atoms with E-state index in [1.165, 1.54) is 5.69 Å². The highest BCUT2D eigenvalue weighted by Crippen LogP contribution is 2.29. The lowest BCUT2D eigenvalue weighted by molar-refractivity contribution is 0.128. The first-order valence-corrected chi connectivity index (χ1v) is 7.94. The molecule has 0 amide bonds. The highest BCUT2D eigenvalue weighted by Gasteiger charge is 2.26. The van der Waals surface area contributed by atoms with Gasteiger partial charge in [0.15, 0.2) is 0 Å². The Balaban J connectivity index is 2.03. The van der Waals surface area contributed by atoms with Gasteiger partial charge in [-0.15, -0.1) is 0 Å². The molecule has 0 unspecified atom stereocenters. The normalized spacial score (nSPS) is 17.0. The van der Waals surface area contributed by atoms with E-state index in [0.29, 0.717) is 6.61 Å². The first-order valence-electron chi connectivity index (χ1n) is 7.94. The lowest BCUT2D eigenvalue weighted by atomic mass is 10.0. The molecule has 1 aromatic rings. The maximum Gasteiger partial charge on any atom is 0.144 e. The van der Waals surface area contributed by atoms with Crippen LogP contribution >= 0.6 is 0 Å². The van der Waals surface area contributed by atoms with E-state index in [0.717, 1.165) is 44.0 Å². The molecule has 0 aliphatic carbocycles. The van der Waals surface area contributed by atoms with Gasteiger partial charge in [0.05, 0.1) is 12.3 Å². The molecule has 0 bridgehead atoms. The van der Waals surface area contributed by atoms with Gasteiger partial charge in [-0.1, -0.05) is 6.92 Å². The molecule has 0 radical (unpaired) electrons. The first kappa shape index (κ1) is 16.0. The minimum Gasteiger partial charge on any atom is -0.491 e. The highest BCUT2D eigenvalue weighted by atomic mass is 16.5. The Morgan fingerprint density at radius 1 is 1.14 bits per heavy atom. The fourth-order valence-electron chi connectivity index (χ4n) is 2.69. The number of hydrogen-bond donors (Lipinski definition) is 1. The molecule has 21 heavy (non-hydrogen) atoms. The van der Waals surface area contributed by atoms with Crippen LogP contribution in [0.4, 0.5) is 11.4 Å². The summed E-state index contributed by atoms with van der Waals surface area (Å²) in [5, 5.41) is 0. The molecule has 1 heterocycles. The van der Waals surface area contributed by atoms with Crippen molar-refractivity contribution in [3.8, 4) is 5.75 Å². The third-order valence-electron chi connectivity index (χ3n) is 4.05. The van der Waals surface area contributed by atoms with E-state index in [2.05, 4.69) is 49.6 Å². The fourth-order valence-corrected chi connectivity index (χ4v) is 2.69. The molecule has 1 aliphatic rings. The Hall–Kier alpha value is -1.42. The minimum absolute atomic E-state index is 0.253. The van der Waals surface area contributed by atoms with Crippen LogP contribution in [0.15, 0.2) is 18.2 Å². The molecule has 2 rings (SSSR count). The zero-order valence-corrected chi connectivity index (χ0v) is 13.9. The van der Waals surface area contributed by atoms with Gasteiger partial charge in [0.25, 0.3) is 0 Å². The van der Waals surface area contributed by atoms with Gasteiger partial charge in [-0.3, -0.25) is 4.90 Å². The summed E-state index contributed by atoms with van der Waals surface area (Å²) in [6.45, 7) is 14.0. The number of ether oxygens (including phenoxy) is 1. The standard InChI is InChI=1S/C17H29N3O/c1-5-12-21-16-13-14(6-7-15(16)18)19-8-10-20(11-9-19)17(2,3)4/h6-7,13H,5,8-12,18H2,1-4H3. The lowest BCUT2D eigenvalue weighted by Crippen LogP contribution is -2.53. The summed E-state index contributed by atoms with van der Waals surface area (Å²) in [4.78, 5) is 4.95. The average Bonchev–Trinajstić information content (AvgIpc) is 2.46. The Bertz CT molecular complexity index is 460. The van der Waals surface area contributed by atoms with Crippen LogP contribution in [0.5, 0.6) is 5.75 Å². The monoisotopic (exact) mass is 291 g/mol. The molecule has 1 saturated heterocycles. The molecule has 2 N–H and O–H groups in total.